The number of anilines is 1. The molecule has 3 rings (SSSR count). The van der Waals surface area contributed by atoms with Crippen molar-refractivity contribution >= 4 is 11.6 Å². The number of carbonyl (C=O) groups is 1. The smallest absolute Gasteiger partial charge is 0.251 e. The van der Waals surface area contributed by atoms with Crippen molar-refractivity contribution in [3.05, 3.63) is 59.2 Å². The molecule has 4 heteroatoms. The van der Waals surface area contributed by atoms with E-state index in [0.29, 0.717) is 5.56 Å². The van der Waals surface area contributed by atoms with Gasteiger partial charge in [-0.3, -0.25) is 4.79 Å². The molecule has 0 aromatic heterocycles. The second kappa shape index (κ2) is 6.95. The van der Waals surface area contributed by atoms with Crippen LogP contribution in [0.1, 0.15) is 48.3 Å². The van der Waals surface area contributed by atoms with Crippen LogP contribution in [0.5, 0.6) is 5.75 Å². The van der Waals surface area contributed by atoms with Gasteiger partial charge in [0.05, 0.1) is 12.1 Å². The molecule has 0 spiro atoms. The Kier molecular flexibility index (Phi) is 4.74. The number of benzene rings is 2. The van der Waals surface area contributed by atoms with Gasteiger partial charge in [-0.15, -0.1) is 0 Å². The molecule has 0 bridgehead atoms. The number of nitrogens with one attached hydrogen (secondary N) is 2. The molecule has 0 aliphatic carbocycles. The van der Waals surface area contributed by atoms with Crippen molar-refractivity contribution in [2.75, 3.05) is 11.9 Å². The molecule has 1 aliphatic heterocycles. The van der Waals surface area contributed by atoms with E-state index in [-0.39, 0.29) is 18.1 Å². The fraction of sp³-hybridized carbons (Fsp3) is 0.350. The van der Waals surface area contributed by atoms with E-state index < -0.39 is 0 Å². The molecule has 0 fully saturated rings. The predicted octanol–water partition coefficient (Wildman–Crippen LogP) is 3.93. The van der Waals surface area contributed by atoms with E-state index in [4.69, 9.17) is 4.74 Å². The van der Waals surface area contributed by atoms with Crippen molar-refractivity contribution in [2.24, 2.45) is 0 Å². The summed E-state index contributed by atoms with van der Waals surface area (Å²) < 4.78 is 5.65. The van der Waals surface area contributed by atoms with Gasteiger partial charge in [0.25, 0.3) is 5.91 Å². The normalized spacial score (nSPS) is 14.0. The molecule has 1 unspecified atom stereocenters. The van der Waals surface area contributed by atoms with Gasteiger partial charge < -0.3 is 15.4 Å². The van der Waals surface area contributed by atoms with Gasteiger partial charge in [-0.25, -0.2) is 0 Å². The second-order valence-corrected chi connectivity index (χ2v) is 6.48. The summed E-state index contributed by atoms with van der Waals surface area (Å²) in [6.07, 6.45) is 1.13. The van der Waals surface area contributed by atoms with E-state index in [2.05, 4.69) is 10.6 Å². The van der Waals surface area contributed by atoms with Gasteiger partial charge in [0.2, 0.25) is 0 Å². The highest BCUT2D eigenvalue weighted by Crippen LogP contribution is 2.24. The summed E-state index contributed by atoms with van der Waals surface area (Å²) in [4.78, 5) is 12.5. The maximum Gasteiger partial charge on any atom is 0.251 e. The van der Waals surface area contributed by atoms with Crippen LogP contribution in [0.4, 0.5) is 5.69 Å². The summed E-state index contributed by atoms with van der Waals surface area (Å²) in [6, 6.07) is 13.7. The number of carbonyl (C=O) groups excluding carboxylic acids is 1. The van der Waals surface area contributed by atoms with Gasteiger partial charge >= 0.3 is 0 Å². The molecule has 2 aromatic rings. The maximum absolute atomic E-state index is 12.5. The average Bonchev–Trinajstić information content (AvgIpc) is 3.02. The Hall–Kier alpha value is -2.49. The Morgan fingerprint density at radius 2 is 1.88 bits per heavy atom. The highest BCUT2D eigenvalue weighted by molar-refractivity contribution is 5.95. The van der Waals surface area contributed by atoms with Crippen LogP contribution in [-0.4, -0.2) is 18.6 Å². The van der Waals surface area contributed by atoms with Crippen molar-refractivity contribution in [1.82, 2.24) is 5.32 Å². The summed E-state index contributed by atoms with van der Waals surface area (Å²) in [5.41, 5.74) is 4.12. The zero-order valence-corrected chi connectivity index (χ0v) is 14.4. The largest absolute Gasteiger partial charge is 0.491 e. The number of hydrogen-bond donors (Lipinski definition) is 2. The van der Waals surface area contributed by atoms with Crippen molar-refractivity contribution < 1.29 is 9.53 Å². The SMILES string of the molecule is CC(C)Oc1ccc(C(C)NC(=O)c2ccc3c(c2)CCN3)cc1. The molecule has 1 amide bonds. The van der Waals surface area contributed by atoms with Crippen LogP contribution in [0, 0.1) is 0 Å². The molecule has 0 saturated heterocycles. The van der Waals surface area contributed by atoms with Crippen LogP contribution in [0.15, 0.2) is 42.5 Å². The third-order valence-electron chi connectivity index (χ3n) is 4.18. The number of fused-ring (bicyclic) bond motifs is 1. The predicted molar refractivity (Wildman–Crippen MR) is 96.7 cm³/mol. The monoisotopic (exact) mass is 324 g/mol. The number of rotatable bonds is 5. The minimum absolute atomic E-state index is 0.0419. The Bertz CT molecular complexity index is 723. The standard InChI is InChI=1S/C20H24N2O2/c1-13(2)24-18-7-4-15(5-8-18)14(3)22-20(23)17-6-9-19-16(12-17)10-11-21-19/h4-9,12-14,21H,10-11H2,1-3H3,(H,22,23). The Balaban J connectivity index is 1.65. The summed E-state index contributed by atoms with van der Waals surface area (Å²) in [7, 11) is 0. The molecular formula is C20H24N2O2. The Morgan fingerprint density at radius 3 is 2.58 bits per heavy atom. The molecule has 126 valence electrons. The molecule has 1 aliphatic rings. The zero-order valence-electron chi connectivity index (χ0n) is 14.4. The molecule has 0 saturated carbocycles. The zero-order chi connectivity index (χ0) is 17.1. The fourth-order valence-corrected chi connectivity index (χ4v) is 2.92. The summed E-state index contributed by atoms with van der Waals surface area (Å²) in [5.74, 6) is 0.804. The molecule has 1 atom stereocenters. The lowest BCUT2D eigenvalue weighted by atomic mass is 10.1. The van der Waals surface area contributed by atoms with Crippen molar-refractivity contribution in [2.45, 2.75) is 39.3 Å². The van der Waals surface area contributed by atoms with Crippen LogP contribution in [0.2, 0.25) is 0 Å². The minimum Gasteiger partial charge on any atom is -0.491 e. The van der Waals surface area contributed by atoms with E-state index in [1.165, 1.54) is 5.56 Å². The minimum atomic E-state index is -0.0584. The summed E-state index contributed by atoms with van der Waals surface area (Å²) in [5, 5.41) is 6.37. The van der Waals surface area contributed by atoms with Gasteiger partial charge in [0.15, 0.2) is 0 Å². The van der Waals surface area contributed by atoms with E-state index in [0.717, 1.165) is 30.0 Å². The van der Waals surface area contributed by atoms with E-state index in [1.807, 2.05) is 63.2 Å². The van der Waals surface area contributed by atoms with Gasteiger partial charge in [0.1, 0.15) is 5.75 Å². The molecule has 2 aromatic carbocycles. The number of hydrogen-bond acceptors (Lipinski definition) is 3. The van der Waals surface area contributed by atoms with Crippen LogP contribution < -0.4 is 15.4 Å². The third-order valence-corrected chi connectivity index (χ3v) is 4.18. The Morgan fingerprint density at radius 1 is 1.12 bits per heavy atom. The lowest BCUT2D eigenvalue weighted by Gasteiger charge is -2.16. The lowest BCUT2D eigenvalue weighted by molar-refractivity contribution is 0.0940. The molecule has 2 N–H and O–H groups in total. The number of ether oxygens (including phenoxy) is 1. The fourth-order valence-electron chi connectivity index (χ4n) is 2.92. The summed E-state index contributed by atoms with van der Waals surface area (Å²) in [6.45, 7) is 6.94. The third kappa shape index (κ3) is 3.70. The highest BCUT2D eigenvalue weighted by atomic mass is 16.5. The van der Waals surface area contributed by atoms with E-state index in [9.17, 15) is 4.79 Å². The van der Waals surface area contributed by atoms with Crippen LogP contribution in [0.25, 0.3) is 0 Å². The van der Waals surface area contributed by atoms with Gasteiger partial charge in [-0.2, -0.15) is 0 Å². The quantitative estimate of drug-likeness (QED) is 0.876. The van der Waals surface area contributed by atoms with Crippen LogP contribution in [-0.2, 0) is 6.42 Å². The van der Waals surface area contributed by atoms with Gasteiger partial charge in [-0.1, -0.05) is 12.1 Å². The van der Waals surface area contributed by atoms with Crippen LogP contribution in [0.3, 0.4) is 0 Å². The van der Waals surface area contributed by atoms with Gasteiger partial charge in [0, 0.05) is 17.8 Å². The molecule has 0 radical (unpaired) electrons. The number of amides is 1. The lowest BCUT2D eigenvalue weighted by Crippen LogP contribution is -2.26. The topological polar surface area (TPSA) is 50.4 Å². The van der Waals surface area contributed by atoms with Crippen LogP contribution >= 0.6 is 0 Å². The maximum atomic E-state index is 12.5. The van der Waals surface area contributed by atoms with E-state index >= 15 is 0 Å². The first-order valence-electron chi connectivity index (χ1n) is 8.47. The first-order chi connectivity index (χ1) is 11.5. The first-order valence-corrected chi connectivity index (χ1v) is 8.47. The van der Waals surface area contributed by atoms with Gasteiger partial charge in [-0.05, 0) is 68.7 Å². The first kappa shape index (κ1) is 16.4. The van der Waals surface area contributed by atoms with Crippen molar-refractivity contribution in [1.29, 1.82) is 0 Å². The Labute approximate surface area is 143 Å². The van der Waals surface area contributed by atoms with Crippen molar-refractivity contribution in [3.8, 4) is 5.75 Å². The molecular weight excluding hydrogens is 300 g/mol. The van der Waals surface area contributed by atoms with Crippen molar-refractivity contribution in [3.63, 3.8) is 0 Å². The molecule has 24 heavy (non-hydrogen) atoms. The average molecular weight is 324 g/mol. The molecule has 1 heterocycles. The molecule has 4 nitrogen and oxygen atoms in total. The highest BCUT2D eigenvalue weighted by Gasteiger charge is 2.15. The summed E-state index contributed by atoms with van der Waals surface area (Å²) >= 11 is 0. The van der Waals surface area contributed by atoms with E-state index in [1.54, 1.807) is 0 Å². The second-order valence-electron chi connectivity index (χ2n) is 6.48.